The highest BCUT2D eigenvalue weighted by atomic mass is 79.9. The zero-order valence-corrected chi connectivity index (χ0v) is 18.1. The van der Waals surface area contributed by atoms with Crippen LogP contribution in [0.2, 0.25) is 0 Å². The number of Topliss-reactive ketones (excluding diaryl/α,β-unsaturated/α-hetero) is 1. The molecule has 7 heteroatoms. The summed E-state index contributed by atoms with van der Waals surface area (Å²) in [5, 5.41) is 11.0. The first-order valence-corrected chi connectivity index (χ1v) is 10.6. The van der Waals surface area contributed by atoms with Gasteiger partial charge in [0.25, 0.3) is 11.7 Å². The summed E-state index contributed by atoms with van der Waals surface area (Å²) in [5.41, 5.74) is 1.30. The molecule has 2 aromatic rings. The lowest BCUT2D eigenvalue weighted by Gasteiger charge is -2.27. The van der Waals surface area contributed by atoms with E-state index in [1.165, 1.54) is 4.90 Å². The lowest BCUT2D eigenvalue weighted by molar-refractivity contribution is -0.140. The average Bonchev–Trinajstić information content (AvgIpc) is 3.36. The molecule has 0 radical (unpaired) electrons. The molecule has 0 saturated carbocycles. The molecule has 2 saturated heterocycles. The number of rotatable bonds is 5. The molecule has 2 aliphatic heterocycles. The quantitative estimate of drug-likeness (QED) is 0.404. The minimum Gasteiger partial charge on any atom is -0.507 e. The van der Waals surface area contributed by atoms with Crippen molar-refractivity contribution < 1.29 is 24.2 Å². The molecule has 0 spiro atoms. The molecule has 2 heterocycles. The van der Waals surface area contributed by atoms with Gasteiger partial charge in [-0.3, -0.25) is 9.59 Å². The SMILES string of the molecule is COc1ccc(/C(O)=C2/C(=O)C(=O)N(CC3CCCO3)C2c2ccc(Br)cc2)cc1. The van der Waals surface area contributed by atoms with E-state index in [1.807, 2.05) is 24.3 Å². The fraction of sp³-hybridized carbons (Fsp3) is 0.304. The van der Waals surface area contributed by atoms with Gasteiger partial charge in [-0.1, -0.05) is 28.1 Å². The van der Waals surface area contributed by atoms with E-state index < -0.39 is 17.7 Å². The Labute approximate surface area is 183 Å². The highest BCUT2D eigenvalue weighted by Crippen LogP contribution is 2.40. The molecular weight excluding hydrogens is 450 g/mol. The molecule has 156 valence electrons. The second-order valence-electron chi connectivity index (χ2n) is 7.37. The van der Waals surface area contributed by atoms with Crippen LogP contribution in [0.15, 0.2) is 58.6 Å². The van der Waals surface area contributed by atoms with Crippen LogP contribution in [0.5, 0.6) is 5.75 Å². The molecule has 4 rings (SSSR count). The Morgan fingerprint density at radius 1 is 1.17 bits per heavy atom. The summed E-state index contributed by atoms with van der Waals surface area (Å²) < 4.78 is 11.7. The highest BCUT2D eigenvalue weighted by Gasteiger charge is 2.47. The highest BCUT2D eigenvalue weighted by molar-refractivity contribution is 9.10. The Kier molecular flexibility index (Phi) is 5.92. The summed E-state index contributed by atoms with van der Waals surface area (Å²) in [6.07, 6.45) is 1.67. The predicted molar refractivity (Wildman–Crippen MR) is 115 cm³/mol. The zero-order valence-electron chi connectivity index (χ0n) is 16.5. The molecule has 1 N–H and O–H groups in total. The standard InChI is InChI=1S/C23H22BrNO5/c1-29-17-10-6-15(7-11-17)21(26)19-20(14-4-8-16(24)9-5-14)25(23(28)22(19)27)13-18-3-2-12-30-18/h4-11,18,20,26H,2-3,12-13H2,1H3/b21-19-. The Morgan fingerprint density at radius 3 is 2.47 bits per heavy atom. The van der Waals surface area contributed by atoms with Gasteiger partial charge in [-0.15, -0.1) is 0 Å². The van der Waals surface area contributed by atoms with Crippen LogP contribution in [0, 0.1) is 0 Å². The van der Waals surface area contributed by atoms with Crippen LogP contribution in [0.1, 0.15) is 30.0 Å². The Morgan fingerprint density at radius 2 is 1.87 bits per heavy atom. The summed E-state index contributed by atoms with van der Waals surface area (Å²) in [4.78, 5) is 27.5. The molecular formula is C23H22BrNO5. The van der Waals surface area contributed by atoms with Crippen LogP contribution < -0.4 is 4.74 Å². The van der Waals surface area contributed by atoms with Crippen molar-refractivity contribution in [2.45, 2.75) is 25.0 Å². The summed E-state index contributed by atoms with van der Waals surface area (Å²) in [6, 6.07) is 13.5. The van der Waals surface area contributed by atoms with E-state index in [2.05, 4.69) is 15.9 Å². The summed E-state index contributed by atoms with van der Waals surface area (Å²) in [6.45, 7) is 0.966. The van der Waals surface area contributed by atoms with Crippen LogP contribution in [0.25, 0.3) is 5.76 Å². The minimum atomic E-state index is -0.686. The number of benzene rings is 2. The Bertz CT molecular complexity index is 978. The molecule has 2 aromatic carbocycles. The Balaban J connectivity index is 1.80. The van der Waals surface area contributed by atoms with Crippen molar-refractivity contribution in [1.29, 1.82) is 0 Å². The molecule has 2 aliphatic rings. The van der Waals surface area contributed by atoms with Crippen molar-refractivity contribution in [2.24, 2.45) is 0 Å². The number of halogens is 1. The van der Waals surface area contributed by atoms with Crippen LogP contribution in [0.4, 0.5) is 0 Å². The topological polar surface area (TPSA) is 76.1 Å². The fourth-order valence-corrected chi connectivity index (χ4v) is 4.24. The maximum atomic E-state index is 13.0. The third kappa shape index (κ3) is 3.87. The average molecular weight is 472 g/mol. The smallest absolute Gasteiger partial charge is 0.295 e. The van der Waals surface area contributed by atoms with Crippen LogP contribution in [-0.2, 0) is 14.3 Å². The molecule has 1 amide bonds. The first-order chi connectivity index (χ1) is 14.5. The third-order valence-electron chi connectivity index (χ3n) is 5.51. The summed E-state index contributed by atoms with van der Waals surface area (Å²) >= 11 is 3.42. The van der Waals surface area contributed by atoms with Gasteiger partial charge in [-0.05, 0) is 54.8 Å². The Hall–Kier alpha value is -2.64. The van der Waals surface area contributed by atoms with Gasteiger partial charge >= 0.3 is 0 Å². The van der Waals surface area contributed by atoms with Crippen molar-refractivity contribution in [3.8, 4) is 5.75 Å². The van der Waals surface area contributed by atoms with Crippen molar-refractivity contribution in [3.63, 3.8) is 0 Å². The second kappa shape index (κ2) is 8.62. The molecule has 2 unspecified atom stereocenters. The number of ketones is 1. The number of carbonyl (C=O) groups is 2. The van der Waals surface area contributed by atoms with Crippen LogP contribution >= 0.6 is 15.9 Å². The van der Waals surface area contributed by atoms with E-state index in [4.69, 9.17) is 9.47 Å². The normalized spacial score (nSPS) is 23.2. The molecule has 0 aliphatic carbocycles. The second-order valence-corrected chi connectivity index (χ2v) is 8.28. The first kappa shape index (κ1) is 20.6. The van der Waals surface area contributed by atoms with Crippen molar-refractivity contribution in [2.75, 3.05) is 20.3 Å². The third-order valence-corrected chi connectivity index (χ3v) is 6.04. The molecule has 6 nitrogen and oxygen atoms in total. The molecule has 30 heavy (non-hydrogen) atoms. The number of hydrogen-bond donors (Lipinski definition) is 1. The van der Waals surface area contributed by atoms with Gasteiger partial charge in [0.2, 0.25) is 0 Å². The number of ether oxygens (including phenoxy) is 2. The lowest BCUT2D eigenvalue weighted by atomic mass is 9.95. The predicted octanol–water partition coefficient (Wildman–Crippen LogP) is 4.06. The van der Waals surface area contributed by atoms with Gasteiger partial charge < -0.3 is 19.5 Å². The fourth-order valence-electron chi connectivity index (χ4n) is 3.97. The maximum Gasteiger partial charge on any atom is 0.295 e. The van der Waals surface area contributed by atoms with Gasteiger partial charge in [0.1, 0.15) is 11.5 Å². The minimum absolute atomic E-state index is 0.0884. The number of hydrogen-bond acceptors (Lipinski definition) is 5. The number of aliphatic hydroxyl groups is 1. The van der Waals surface area contributed by atoms with E-state index in [0.717, 1.165) is 22.9 Å². The number of amides is 1. The number of methoxy groups -OCH3 is 1. The van der Waals surface area contributed by atoms with E-state index in [0.29, 0.717) is 24.5 Å². The van der Waals surface area contributed by atoms with E-state index in [1.54, 1.807) is 31.4 Å². The van der Waals surface area contributed by atoms with Gasteiger partial charge in [-0.2, -0.15) is 0 Å². The number of likely N-dealkylation sites (tertiary alicyclic amines) is 1. The van der Waals surface area contributed by atoms with Gasteiger partial charge in [-0.25, -0.2) is 0 Å². The summed E-state index contributed by atoms with van der Waals surface area (Å²) in [5.74, 6) is -0.865. The van der Waals surface area contributed by atoms with E-state index >= 15 is 0 Å². The monoisotopic (exact) mass is 471 g/mol. The molecule has 2 fully saturated rings. The van der Waals surface area contributed by atoms with Crippen LogP contribution in [0.3, 0.4) is 0 Å². The van der Waals surface area contributed by atoms with Crippen molar-refractivity contribution in [1.82, 2.24) is 4.90 Å². The van der Waals surface area contributed by atoms with Gasteiger partial charge in [0, 0.05) is 23.2 Å². The first-order valence-electron chi connectivity index (χ1n) is 9.79. The summed E-state index contributed by atoms with van der Waals surface area (Å²) in [7, 11) is 1.55. The zero-order chi connectivity index (χ0) is 21.3. The van der Waals surface area contributed by atoms with Crippen LogP contribution in [-0.4, -0.2) is 48.1 Å². The molecule has 0 aromatic heterocycles. The number of nitrogens with zero attached hydrogens (tertiary/aromatic N) is 1. The molecule has 0 bridgehead atoms. The van der Waals surface area contributed by atoms with Crippen molar-refractivity contribution >= 4 is 33.4 Å². The number of aliphatic hydroxyl groups excluding tert-OH is 1. The van der Waals surface area contributed by atoms with Crippen molar-refractivity contribution in [3.05, 3.63) is 69.7 Å². The van der Waals surface area contributed by atoms with Gasteiger partial charge in [0.05, 0.1) is 24.8 Å². The lowest BCUT2D eigenvalue weighted by Crippen LogP contribution is -2.36. The van der Waals surface area contributed by atoms with E-state index in [-0.39, 0.29) is 17.4 Å². The number of carbonyl (C=O) groups excluding carboxylic acids is 2. The molecule has 2 atom stereocenters. The maximum absolute atomic E-state index is 13.0. The van der Waals surface area contributed by atoms with Gasteiger partial charge in [0.15, 0.2) is 0 Å². The largest absolute Gasteiger partial charge is 0.507 e. The van der Waals surface area contributed by atoms with E-state index in [9.17, 15) is 14.7 Å².